The van der Waals surface area contributed by atoms with Crippen LogP contribution in [-0.4, -0.2) is 27.8 Å². The molecule has 0 spiro atoms. The Balaban J connectivity index is 1.99. The van der Waals surface area contributed by atoms with E-state index in [4.69, 9.17) is 11.6 Å². The van der Waals surface area contributed by atoms with Gasteiger partial charge in [-0.2, -0.15) is 0 Å². The predicted molar refractivity (Wildman–Crippen MR) is 75.5 cm³/mol. The highest BCUT2D eigenvalue weighted by molar-refractivity contribution is 6.30. The summed E-state index contributed by atoms with van der Waals surface area (Å²) in [5.74, 6) is 0.0472. The third-order valence-electron chi connectivity index (χ3n) is 2.68. The van der Waals surface area contributed by atoms with Crippen molar-refractivity contribution in [1.82, 2.24) is 14.9 Å². The SMILES string of the molecule is CN(Cc1ncc[nH]1)C(=O)C=Cc1ccc(F)c(Cl)c1. The Morgan fingerprint density at radius 2 is 2.35 bits per heavy atom. The maximum Gasteiger partial charge on any atom is 0.246 e. The number of imidazole rings is 1. The van der Waals surface area contributed by atoms with Crippen LogP contribution >= 0.6 is 11.6 Å². The van der Waals surface area contributed by atoms with Gasteiger partial charge in [-0.25, -0.2) is 9.37 Å². The molecule has 4 nitrogen and oxygen atoms in total. The van der Waals surface area contributed by atoms with E-state index < -0.39 is 5.82 Å². The number of nitrogens with one attached hydrogen (secondary N) is 1. The molecule has 0 radical (unpaired) electrons. The van der Waals surface area contributed by atoms with Crippen LogP contribution in [0.25, 0.3) is 6.08 Å². The van der Waals surface area contributed by atoms with Crippen LogP contribution in [-0.2, 0) is 11.3 Å². The summed E-state index contributed by atoms with van der Waals surface area (Å²) in [6, 6.07) is 4.28. The van der Waals surface area contributed by atoms with Crippen LogP contribution in [0.4, 0.5) is 4.39 Å². The quantitative estimate of drug-likeness (QED) is 0.881. The molecule has 1 N–H and O–H groups in total. The average molecular weight is 294 g/mol. The number of benzene rings is 1. The topological polar surface area (TPSA) is 49.0 Å². The van der Waals surface area contributed by atoms with Crippen LogP contribution in [0, 0.1) is 5.82 Å². The number of carbonyl (C=O) groups excluding carboxylic acids is 1. The van der Waals surface area contributed by atoms with Crippen LogP contribution < -0.4 is 0 Å². The Morgan fingerprint density at radius 3 is 3.00 bits per heavy atom. The number of hydrogen-bond donors (Lipinski definition) is 1. The summed E-state index contributed by atoms with van der Waals surface area (Å²) in [6.07, 6.45) is 6.33. The van der Waals surface area contributed by atoms with Crippen molar-refractivity contribution in [2.45, 2.75) is 6.54 Å². The number of halogens is 2. The van der Waals surface area contributed by atoms with Crippen molar-refractivity contribution in [3.8, 4) is 0 Å². The van der Waals surface area contributed by atoms with Crippen molar-refractivity contribution in [3.05, 3.63) is 58.9 Å². The summed E-state index contributed by atoms with van der Waals surface area (Å²) in [5.41, 5.74) is 0.663. The molecule has 6 heteroatoms. The zero-order chi connectivity index (χ0) is 14.5. The lowest BCUT2D eigenvalue weighted by Crippen LogP contribution is -2.24. The third kappa shape index (κ3) is 3.68. The summed E-state index contributed by atoms with van der Waals surface area (Å²) in [4.78, 5) is 20.4. The van der Waals surface area contributed by atoms with E-state index in [0.717, 1.165) is 0 Å². The van der Waals surface area contributed by atoms with E-state index in [-0.39, 0.29) is 10.9 Å². The first-order valence-electron chi connectivity index (χ1n) is 5.93. The number of amides is 1. The highest BCUT2D eigenvalue weighted by Gasteiger charge is 2.07. The van der Waals surface area contributed by atoms with E-state index in [1.54, 1.807) is 31.6 Å². The lowest BCUT2D eigenvalue weighted by molar-refractivity contribution is -0.125. The summed E-state index contributed by atoms with van der Waals surface area (Å²) in [7, 11) is 1.67. The molecular weight excluding hydrogens is 281 g/mol. The molecule has 0 bridgehead atoms. The number of H-pyrrole nitrogens is 1. The van der Waals surface area contributed by atoms with Gasteiger partial charge in [0.2, 0.25) is 5.91 Å². The minimum atomic E-state index is -0.481. The van der Waals surface area contributed by atoms with Gasteiger partial charge in [-0.05, 0) is 23.8 Å². The highest BCUT2D eigenvalue weighted by Crippen LogP contribution is 2.16. The zero-order valence-electron chi connectivity index (χ0n) is 10.8. The fourth-order valence-corrected chi connectivity index (χ4v) is 1.79. The predicted octanol–water partition coefficient (Wildman–Crippen LogP) is 2.87. The largest absolute Gasteiger partial charge is 0.347 e. The molecule has 20 heavy (non-hydrogen) atoms. The van der Waals surface area contributed by atoms with E-state index in [0.29, 0.717) is 17.9 Å². The molecule has 1 heterocycles. The minimum Gasteiger partial charge on any atom is -0.347 e. The first-order chi connectivity index (χ1) is 9.56. The van der Waals surface area contributed by atoms with Gasteiger partial charge in [-0.15, -0.1) is 0 Å². The summed E-state index contributed by atoms with van der Waals surface area (Å²) in [6.45, 7) is 0.389. The van der Waals surface area contributed by atoms with Gasteiger partial charge < -0.3 is 9.88 Å². The van der Waals surface area contributed by atoms with E-state index in [1.807, 2.05) is 0 Å². The normalized spacial score (nSPS) is 10.9. The molecule has 0 aliphatic carbocycles. The van der Waals surface area contributed by atoms with Gasteiger partial charge in [0.25, 0.3) is 0 Å². The second kappa shape index (κ2) is 6.34. The summed E-state index contributed by atoms with van der Waals surface area (Å²) < 4.78 is 13.0. The van der Waals surface area contributed by atoms with Gasteiger partial charge in [-0.1, -0.05) is 17.7 Å². The van der Waals surface area contributed by atoms with Gasteiger partial charge in [0.1, 0.15) is 11.6 Å². The molecule has 0 fully saturated rings. The molecule has 2 rings (SSSR count). The van der Waals surface area contributed by atoms with Gasteiger partial charge >= 0.3 is 0 Å². The molecule has 0 aliphatic heterocycles. The number of nitrogens with zero attached hydrogens (tertiary/aromatic N) is 2. The number of rotatable bonds is 4. The van der Waals surface area contributed by atoms with Crippen LogP contribution in [0.5, 0.6) is 0 Å². The molecule has 2 aromatic rings. The molecule has 0 unspecified atom stereocenters. The number of hydrogen-bond acceptors (Lipinski definition) is 2. The molecule has 1 aromatic carbocycles. The van der Waals surface area contributed by atoms with Crippen LogP contribution in [0.2, 0.25) is 5.02 Å². The molecule has 0 atom stereocenters. The van der Waals surface area contributed by atoms with Gasteiger partial charge in [0.15, 0.2) is 0 Å². The van der Waals surface area contributed by atoms with Crippen LogP contribution in [0.15, 0.2) is 36.7 Å². The van der Waals surface area contributed by atoms with E-state index in [1.165, 1.54) is 23.1 Å². The molecular formula is C14H13ClFN3O. The minimum absolute atomic E-state index is 0.0311. The molecule has 1 aromatic heterocycles. The number of likely N-dealkylation sites (N-methyl/N-ethyl adjacent to an activating group) is 1. The van der Waals surface area contributed by atoms with E-state index in [9.17, 15) is 9.18 Å². The Morgan fingerprint density at radius 1 is 1.55 bits per heavy atom. The second-order valence-electron chi connectivity index (χ2n) is 4.24. The molecule has 0 saturated heterocycles. The first-order valence-corrected chi connectivity index (χ1v) is 6.30. The maximum absolute atomic E-state index is 13.0. The fourth-order valence-electron chi connectivity index (χ4n) is 1.60. The fraction of sp³-hybridized carbons (Fsp3) is 0.143. The van der Waals surface area contributed by atoms with Crippen molar-refractivity contribution < 1.29 is 9.18 Å². The van der Waals surface area contributed by atoms with Crippen molar-refractivity contribution in [2.75, 3.05) is 7.05 Å². The van der Waals surface area contributed by atoms with Crippen molar-refractivity contribution in [3.63, 3.8) is 0 Å². The number of carbonyl (C=O) groups is 1. The first kappa shape index (κ1) is 14.3. The Kier molecular flexibility index (Phi) is 4.53. The van der Waals surface area contributed by atoms with Gasteiger partial charge in [0, 0.05) is 25.5 Å². The second-order valence-corrected chi connectivity index (χ2v) is 4.64. The molecule has 1 amide bonds. The molecule has 0 saturated carbocycles. The Bertz CT molecular complexity index is 625. The van der Waals surface area contributed by atoms with Gasteiger partial charge in [-0.3, -0.25) is 4.79 Å². The number of aromatic nitrogens is 2. The Labute approximate surface area is 120 Å². The monoisotopic (exact) mass is 293 g/mol. The molecule has 0 aliphatic rings. The van der Waals surface area contributed by atoms with E-state index >= 15 is 0 Å². The highest BCUT2D eigenvalue weighted by atomic mass is 35.5. The Hall–Kier alpha value is -2.14. The average Bonchev–Trinajstić information content (AvgIpc) is 2.92. The van der Waals surface area contributed by atoms with Crippen molar-refractivity contribution in [2.24, 2.45) is 0 Å². The van der Waals surface area contributed by atoms with Crippen LogP contribution in [0.3, 0.4) is 0 Å². The van der Waals surface area contributed by atoms with E-state index in [2.05, 4.69) is 9.97 Å². The summed E-state index contributed by atoms with van der Waals surface area (Å²) >= 11 is 5.67. The maximum atomic E-state index is 13.0. The van der Waals surface area contributed by atoms with Crippen LogP contribution in [0.1, 0.15) is 11.4 Å². The lowest BCUT2D eigenvalue weighted by atomic mass is 10.2. The standard InChI is InChI=1S/C14H13ClFN3O/c1-19(9-13-17-6-7-18-13)14(20)5-3-10-2-4-12(16)11(15)8-10/h2-8H,9H2,1H3,(H,17,18). The number of aromatic amines is 1. The van der Waals surface area contributed by atoms with Gasteiger partial charge in [0.05, 0.1) is 11.6 Å². The molecule has 104 valence electrons. The van der Waals surface area contributed by atoms with Crippen molar-refractivity contribution in [1.29, 1.82) is 0 Å². The lowest BCUT2D eigenvalue weighted by Gasteiger charge is -2.12. The smallest absolute Gasteiger partial charge is 0.246 e. The summed E-state index contributed by atoms with van der Waals surface area (Å²) in [5, 5.41) is 0.0311. The zero-order valence-corrected chi connectivity index (χ0v) is 11.6. The van der Waals surface area contributed by atoms with Crippen molar-refractivity contribution >= 4 is 23.6 Å². The third-order valence-corrected chi connectivity index (χ3v) is 2.97.